The third-order valence-corrected chi connectivity index (χ3v) is 1.59. The molecule has 0 aliphatic carbocycles. The van der Waals surface area contributed by atoms with E-state index < -0.39 is 0 Å². The van der Waals surface area contributed by atoms with E-state index in [1.165, 1.54) is 18.3 Å². The van der Waals surface area contributed by atoms with Crippen molar-refractivity contribution < 1.29 is 9.18 Å². The number of halogens is 1. The molecule has 0 saturated heterocycles. The molecular formula is C10H12FN3O. The molecule has 1 aromatic carbocycles. The Balaban J connectivity index is 2.44. The number of amides is 2. The summed E-state index contributed by atoms with van der Waals surface area (Å²) in [5.74, 6) is -0.302. The number of urea groups is 1. The lowest BCUT2D eigenvalue weighted by atomic mass is 10.2. The summed E-state index contributed by atoms with van der Waals surface area (Å²) in [6, 6.07) is 5.42. The first-order valence-electron chi connectivity index (χ1n) is 4.55. The number of hydrogen-bond donors (Lipinski definition) is 2. The monoisotopic (exact) mass is 209 g/mol. The van der Waals surface area contributed by atoms with E-state index in [2.05, 4.69) is 15.8 Å². The van der Waals surface area contributed by atoms with Crippen LogP contribution in [0.5, 0.6) is 0 Å². The Labute approximate surface area is 87.2 Å². The highest BCUT2D eigenvalue weighted by atomic mass is 19.1. The average molecular weight is 209 g/mol. The molecule has 0 atom stereocenters. The third kappa shape index (κ3) is 4.21. The molecule has 4 nitrogen and oxygen atoms in total. The van der Waals surface area contributed by atoms with Gasteiger partial charge in [0, 0.05) is 6.54 Å². The molecule has 80 valence electrons. The van der Waals surface area contributed by atoms with Crippen LogP contribution < -0.4 is 10.7 Å². The Hall–Kier alpha value is -1.91. The van der Waals surface area contributed by atoms with Gasteiger partial charge in [0.1, 0.15) is 5.82 Å². The van der Waals surface area contributed by atoms with Gasteiger partial charge in [-0.15, -0.1) is 0 Å². The number of carbonyl (C=O) groups excluding carboxylic acids is 1. The molecule has 0 spiro atoms. The summed E-state index contributed by atoms with van der Waals surface area (Å²) in [6.07, 6.45) is 1.44. The van der Waals surface area contributed by atoms with E-state index >= 15 is 0 Å². The third-order valence-electron chi connectivity index (χ3n) is 1.59. The molecule has 5 heteroatoms. The zero-order valence-corrected chi connectivity index (χ0v) is 8.33. The van der Waals surface area contributed by atoms with Crippen LogP contribution in [0, 0.1) is 5.82 Å². The van der Waals surface area contributed by atoms with Gasteiger partial charge in [0.05, 0.1) is 6.21 Å². The highest BCUT2D eigenvalue weighted by Crippen LogP contribution is 1.99. The molecule has 0 bridgehead atoms. The maximum atomic E-state index is 12.5. The van der Waals surface area contributed by atoms with Crippen molar-refractivity contribution in [3.63, 3.8) is 0 Å². The average Bonchev–Trinajstić information content (AvgIpc) is 2.21. The highest BCUT2D eigenvalue weighted by Gasteiger charge is 1.93. The number of benzene rings is 1. The van der Waals surface area contributed by atoms with Crippen LogP contribution in [-0.4, -0.2) is 18.8 Å². The van der Waals surface area contributed by atoms with E-state index in [9.17, 15) is 9.18 Å². The molecule has 1 aromatic rings. The molecule has 1 rings (SSSR count). The maximum absolute atomic E-state index is 12.5. The molecule has 0 radical (unpaired) electrons. The van der Waals surface area contributed by atoms with E-state index in [4.69, 9.17) is 0 Å². The second kappa shape index (κ2) is 5.74. The van der Waals surface area contributed by atoms with Crippen molar-refractivity contribution >= 4 is 12.2 Å². The molecule has 0 heterocycles. The maximum Gasteiger partial charge on any atom is 0.335 e. The van der Waals surface area contributed by atoms with Gasteiger partial charge in [-0.3, -0.25) is 0 Å². The van der Waals surface area contributed by atoms with Crippen LogP contribution in [0.25, 0.3) is 0 Å². The summed E-state index contributed by atoms with van der Waals surface area (Å²) in [5.41, 5.74) is 2.99. The van der Waals surface area contributed by atoms with Gasteiger partial charge in [-0.1, -0.05) is 12.1 Å². The van der Waals surface area contributed by atoms with E-state index in [1.807, 2.05) is 6.92 Å². The van der Waals surface area contributed by atoms with Gasteiger partial charge >= 0.3 is 6.03 Å². The van der Waals surface area contributed by atoms with Crippen molar-refractivity contribution in [1.82, 2.24) is 10.7 Å². The molecule has 0 aliphatic rings. The Kier molecular flexibility index (Phi) is 4.28. The standard InChI is InChI=1S/C10H12FN3O/c1-2-12-10(15)14-13-7-8-3-5-9(11)6-4-8/h3-7H,2H2,1H3,(H2,12,14,15)/b13-7+. The number of carbonyl (C=O) groups is 1. The first-order valence-corrected chi connectivity index (χ1v) is 4.55. The fraction of sp³-hybridized carbons (Fsp3) is 0.200. The van der Waals surface area contributed by atoms with Gasteiger partial charge in [0.15, 0.2) is 0 Å². The van der Waals surface area contributed by atoms with Gasteiger partial charge in [-0.2, -0.15) is 5.10 Å². The highest BCUT2D eigenvalue weighted by molar-refractivity contribution is 5.81. The SMILES string of the molecule is CCNC(=O)N/N=C/c1ccc(F)cc1. The number of nitrogens with one attached hydrogen (secondary N) is 2. The predicted octanol–water partition coefficient (Wildman–Crippen LogP) is 1.48. The zero-order chi connectivity index (χ0) is 11.1. The largest absolute Gasteiger partial charge is 0.337 e. The van der Waals surface area contributed by atoms with E-state index in [-0.39, 0.29) is 11.8 Å². The fourth-order valence-corrected chi connectivity index (χ4v) is 0.914. The second-order valence-corrected chi connectivity index (χ2v) is 2.78. The quantitative estimate of drug-likeness (QED) is 0.575. The Bertz CT molecular complexity index is 348. The lowest BCUT2D eigenvalue weighted by Crippen LogP contribution is -2.31. The number of rotatable bonds is 3. The molecular weight excluding hydrogens is 197 g/mol. The molecule has 0 aromatic heterocycles. The molecule has 2 amide bonds. The van der Waals surface area contributed by atoms with E-state index in [1.54, 1.807) is 12.1 Å². The van der Waals surface area contributed by atoms with Gasteiger partial charge < -0.3 is 5.32 Å². The summed E-state index contributed by atoms with van der Waals surface area (Å²) in [6.45, 7) is 2.35. The van der Waals surface area contributed by atoms with Gasteiger partial charge in [-0.05, 0) is 24.6 Å². The first-order chi connectivity index (χ1) is 7.22. The summed E-state index contributed by atoms with van der Waals surface area (Å²) < 4.78 is 12.5. The summed E-state index contributed by atoms with van der Waals surface area (Å²) in [5, 5.41) is 6.20. The number of hydrazone groups is 1. The van der Waals surface area contributed by atoms with Crippen LogP contribution in [0.15, 0.2) is 29.4 Å². The van der Waals surface area contributed by atoms with Crippen LogP contribution in [-0.2, 0) is 0 Å². The zero-order valence-electron chi connectivity index (χ0n) is 8.33. The van der Waals surface area contributed by atoms with Crippen molar-refractivity contribution in [2.24, 2.45) is 5.10 Å². The molecule has 2 N–H and O–H groups in total. The van der Waals surface area contributed by atoms with E-state index in [0.29, 0.717) is 12.1 Å². The Morgan fingerprint density at radius 2 is 2.13 bits per heavy atom. The summed E-state index contributed by atoms with van der Waals surface area (Å²) in [4.78, 5) is 10.9. The molecule has 0 saturated carbocycles. The number of hydrogen-bond acceptors (Lipinski definition) is 2. The molecule has 0 unspecified atom stereocenters. The van der Waals surface area contributed by atoms with Crippen LogP contribution >= 0.6 is 0 Å². The van der Waals surface area contributed by atoms with Crippen molar-refractivity contribution in [3.05, 3.63) is 35.6 Å². The molecule has 0 fully saturated rings. The van der Waals surface area contributed by atoms with Crippen LogP contribution in [0.4, 0.5) is 9.18 Å². The minimum atomic E-state index is -0.365. The van der Waals surface area contributed by atoms with Crippen LogP contribution in [0.1, 0.15) is 12.5 Å². The Morgan fingerprint density at radius 3 is 2.73 bits per heavy atom. The van der Waals surface area contributed by atoms with Crippen molar-refractivity contribution in [1.29, 1.82) is 0 Å². The summed E-state index contributed by atoms with van der Waals surface area (Å²) in [7, 11) is 0. The first kappa shape index (κ1) is 11.2. The Morgan fingerprint density at radius 1 is 1.47 bits per heavy atom. The molecule has 15 heavy (non-hydrogen) atoms. The van der Waals surface area contributed by atoms with Crippen molar-refractivity contribution in [3.8, 4) is 0 Å². The smallest absolute Gasteiger partial charge is 0.335 e. The molecule has 0 aliphatic heterocycles. The van der Waals surface area contributed by atoms with Crippen molar-refractivity contribution in [2.75, 3.05) is 6.54 Å². The van der Waals surface area contributed by atoms with Crippen LogP contribution in [0.2, 0.25) is 0 Å². The summed E-state index contributed by atoms with van der Waals surface area (Å²) >= 11 is 0. The van der Waals surface area contributed by atoms with Crippen LogP contribution in [0.3, 0.4) is 0 Å². The minimum absolute atomic E-state index is 0.302. The lowest BCUT2D eigenvalue weighted by molar-refractivity contribution is 0.242. The van der Waals surface area contributed by atoms with Gasteiger partial charge in [-0.25, -0.2) is 14.6 Å². The lowest BCUT2D eigenvalue weighted by Gasteiger charge is -1.98. The van der Waals surface area contributed by atoms with Gasteiger partial charge in [0.25, 0.3) is 0 Å². The minimum Gasteiger partial charge on any atom is -0.337 e. The van der Waals surface area contributed by atoms with E-state index in [0.717, 1.165) is 0 Å². The fourth-order valence-electron chi connectivity index (χ4n) is 0.914. The normalized spacial score (nSPS) is 10.3. The predicted molar refractivity (Wildman–Crippen MR) is 56.2 cm³/mol. The topological polar surface area (TPSA) is 53.5 Å². The number of nitrogens with zero attached hydrogens (tertiary/aromatic N) is 1. The van der Waals surface area contributed by atoms with Crippen molar-refractivity contribution in [2.45, 2.75) is 6.92 Å². The second-order valence-electron chi connectivity index (χ2n) is 2.78. The van der Waals surface area contributed by atoms with Gasteiger partial charge in [0.2, 0.25) is 0 Å².